The Bertz CT molecular complexity index is 473. The third-order valence-electron chi connectivity index (χ3n) is 3.37. The molecule has 0 N–H and O–H groups in total. The number of carbonyl (C=O) groups excluding carboxylic acids is 1. The number of methoxy groups -OCH3 is 1. The van der Waals surface area contributed by atoms with E-state index in [1.54, 1.807) is 24.3 Å². The summed E-state index contributed by atoms with van der Waals surface area (Å²) in [5.41, 5.74) is 0.777. The van der Waals surface area contributed by atoms with Crippen LogP contribution in [0.25, 0.3) is 0 Å². The van der Waals surface area contributed by atoms with E-state index in [-0.39, 0.29) is 11.3 Å². The molecule has 0 aromatic carbocycles. The molecule has 6 heteroatoms. The molecule has 3 heterocycles. The van der Waals surface area contributed by atoms with Crippen LogP contribution in [0.4, 0.5) is 5.95 Å². The highest BCUT2D eigenvalue weighted by molar-refractivity contribution is 5.94. The summed E-state index contributed by atoms with van der Waals surface area (Å²) >= 11 is 0. The monoisotopic (exact) mass is 249 g/mol. The summed E-state index contributed by atoms with van der Waals surface area (Å²) in [7, 11) is 1.61. The number of anilines is 1. The highest BCUT2D eigenvalue weighted by Gasteiger charge is 2.49. The predicted octanol–water partition coefficient (Wildman–Crippen LogP) is 0.376. The van der Waals surface area contributed by atoms with Crippen LogP contribution in [0.1, 0.15) is 12.1 Å². The number of ether oxygens (including phenoxy) is 2. The minimum absolute atomic E-state index is 0.00228. The highest BCUT2D eigenvalue weighted by atomic mass is 16.5. The van der Waals surface area contributed by atoms with Gasteiger partial charge in [0.25, 0.3) is 0 Å². The minimum Gasteiger partial charge on any atom is -0.380 e. The van der Waals surface area contributed by atoms with Gasteiger partial charge in [0, 0.05) is 31.7 Å². The number of carbonyl (C=O) groups is 1. The second-order valence-corrected chi connectivity index (χ2v) is 4.93. The summed E-state index contributed by atoms with van der Waals surface area (Å²) in [6.07, 6.45) is 2.19. The topological polar surface area (TPSA) is 64.6 Å². The van der Waals surface area contributed by atoms with Crippen LogP contribution in [0, 0.1) is 5.41 Å². The van der Waals surface area contributed by atoms with Crippen LogP contribution in [0.2, 0.25) is 0 Å². The van der Waals surface area contributed by atoms with E-state index in [1.165, 1.54) is 0 Å². The van der Waals surface area contributed by atoms with Crippen molar-refractivity contribution in [2.45, 2.75) is 13.0 Å². The first-order chi connectivity index (χ1) is 8.72. The highest BCUT2D eigenvalue weighted by Crippen LogP contribution is 2.39. The van der Waals surface area contributed by atoms with Gasteiger partial charge in [-0.1, -0.05) is 0 Å². The third-order valence-corrected chi connectivity index (χ3v) is 3.37. The van der Waals surface area contributed by atoms with Crippen LogP contribution in [-0.2, 0) is 20.9 Å². The van der Waals surface area contributed by atoms with Gasteiger partial charge in [0.15, 0.2) is 0 Å². The number of hydrogen-bond acceptors (Lipinski definition) is 5. The summed E-state index contributed by atoms with van der Waals surface area (Å²) < 4.78 is 10.2. The van der Waals surface area contributed by atoms with Crippen LogP contribution >= 0.6 is 0 Å². The molecule has 2 saturated heterocycles. The number of rotatable bonds is 3. The second kappa shape index (κ2) is 4.29. The third kappa shape index (κ3) is 1.87. The maximum absolute atomic E-state index is 12.0. The second-order valence-electron chi connectivity index (χ2n) is 4.93. The van der Waals surface area contributed by atoms with Crippen molar-refractivity contribution >= 4 is 11.9 Å². The van der Waals surface area contributed by atoms with Crippen molar-refractivity contribution in [3.05, 3.63) is 18.0 Å². The van der Waals surface area contributed by atoms with Crippen molar-refractivity contribution in [3.8, 4) is 0 Å². The maximum atomic E-state index is 12.0. The number of nitrogens with zero attached hydrogens (tertiary/aromatic N) is 3. The number of hydrogen-bond donors (Lipinski definition) is 0. The van der Waals surface area contributed by atoms with Crippen molar-refractivity contribution in [3.63, 3.8) is 0 Å². The van der Waals surface area contributed by atoms with Crippen LogP contribution in [0.15, 0.2) is 12.3 Å². The molecule has 1 amide bonds. The van der Waals surface area contributed by atoms with E-state index < -0.39 is 0 Å². The lowest BCUT2D eigenvalue weighted by atomic mass is 9.85. The van der Waals surface area contributed by atoms with E-state index in [0.29, 0.717) is 38.7 Å². The molecule has 2 aliphatic rings. The van der Waals surface area contributed by atoms with E-state index in [2.05, 4.69) is 9.97 Å². The molecule has 0 aliphatic carbocycles. The van der Waals surface area contributed by atoms with Gasteiger partial charge < -0.3 is 9.47 Å². The van der Waals surface area contributed by atoms with Gasteiger partial charge >= 0.3 is 0 Å². The van der Waals surface area contributed by atoms with Crippen LogP contribution in [-0.4, -0.2) is 42.7 Å². The summed E-state index contributed by atoms with van der Waals surface area (Å²) in [5.74, 6) is 0.547. The first-order valence-corrected chi connectivity index (χ1v) is 5.91. The fourth-order valence-electron chi connectivity index (χ4n) is 2.40. The molecule has 96 valence electrons. The Morgan fingerprint density at radius 2 is 2.39 bits per heavy atom. The quantitative estimate of drug-likeness (QED) is 0.774. The Hall–Kier alpha value is -1.53. The molecule has 3 rings (SSSR count). The molecule has 6 nitrogen and oxygen atoms in total. The van der Waals surface area contributed by atoms with Gasteiger partial charge in [-0.2, -0.15) is 0 Å². The Labute approximate surface area is 105 Å². The van der Waals surface area contributed by atoms with Crippen molar-refractivity contribution < 1.29 is 14.3 Å². The van der Waals surface area contributed by atoms with E-state index >= 15 is 0 Å². The molecule has 2 fully saturated rings. The fraction of sp³-hybridized carbons (Fsp3) is 0.583. The van der Waals surface area contributed by atoms with Gasteiger partial charge in [-0.3, -0.25) is 9.69 Å². The zero-order valence-electron chi connectivity index (χ0n) is 10.3. The molecule has 0 bridgehead atoms. The molecule has 0 atom stereocenters. The lowest BCUT2D eigenvalue weighted by molar-refractivity contribution is -0.126. The molecule has 1 aromatic rings. The zero-order valence-corrected chi connectivity index (χ0v) is 10.3. The van der Waals surface area contributed by atoms with Gasteiger partial charge in [0.05, 0.1) is 25.5 Å². The van der Waals surface area contributed by atoms with Gasteiger partial charge in [-0.25, -0.2) is 9.97 Å². The van der Waals surface area contributed by atoms with Crippen molar-refractivity contribution in [2.75, 3.05) is 31.8 Å². The van der Waals surface area contributed by atoms with Gasteiger partial charge in [-0.15, -0.1) is 0 Å². The largest absolute Gasteiger partial charge is 0.380 e. The van der Waals surface area contributed by atoms with E-state index in [0.717, 1.165) is 5.69 Å². The summed E-state index contributed by atoms with van der Waals surface area (Å²) in [6.45, 7) is 2.40. The zero-order chi connectivity index (χ0) is 12.6. The lowest BCUT2D eigenvalue weighted by Gasteiger charge is -2.36. The first-order valence-electron chi connectivity index (χ1n) is 5.91. The lowest BCUT2D eigenvalue weighted by Crippen LogP contribution is -2.44. The Kier molecular flexibility index (Phi) is 2.76. The SMILES string of the molecule is COCc1ccnc(N2CC3(COC3)CC2=O)n1. The average molecular weight is 249 g/mol. The average Bonchev–Trinajstić information content (AvgIpc) is 2.68. The van der Waals surface area contributed by atoms with E-state index in [1.807, 2.05) is 0 Å². The fourth-order valence-corrected chi connectivity index (χ4v) is 2.40. The Balaban J connectivity index is 1.82. The summed E-state index contributed by atoms with van der Waals surface area (Å²) in [5, 5.41) is 0. The molecular formula is C12H15N3O3. The molecule has 1 aromatic heterocycles. The van der Waals surface area contributed by atoms with Crippen molar-refractivity contribution in [1.82, 2.24) is 9.97 Å². The normalized spacial score (nSPS) is 21.4. The molecule has 0 radical (unpaired) electrons. The standard InChI is InChI=1S/C12H15N3O3/c1-17-5-9-2-3-13-11(14-9)15-6-12(4-10(15)16)7-18-8-12/h2-3H,4-8H2,1H3. The van der Waals surface area contributed by atoms with Gasteiger partial charge in [-0.05, 0) is 6.07 Å². The Morgan fingerprint density at radius 1 is 1.56 bits per heavy atom. The van der Waals surface area contributed by atoms with Crippen LogP contribution in [0.3, 0.4) is 0 Å². The number of amides is 1. The smallest absolute Gasteiger partial charge is 0.232 e. The maximum Gasteiger partial charge on any atom is 0.232 e. The van der Waals surface area contributed by atoms with Gasteiger partial charge in [0.1, 0.15) is 0 Å². The van der Waals surface area contributed by atoms with Crippen LogP contribution < -0.4 is 4.90 Å². The van der Waals surface area contributed by atoms with Crippen molar-refractivity contribution in [2.24, 2.45) is 5.41 Å². The number of aromatic nitrogens is 2. The molecular weight excluding hydrogens is 234 g/mol. The first kappa shape index (κ1) is 11.6. The summed E-state index contributed by atoms with van der Waals surface area (Å²) in [6, 6.07) is 1.79. The summed E-state index contributed by atoms with van der Waals surface area (Å²) in [4.78, 5) is 22.2. The molecule has 18 heavy (non-hydrogen) atoms. The van der Waals surface area contributed by atoms with Crippen molar-refractivity contribution in [1.29, 1.82) is 0 Å². The Morgan fingerprint density at radius 3 is 3.00 bits per heavy atom. The predicted molar refractivity (Wildman–Crippen MR) is 63.0 cm³/mol. The van der Waals surface area contributed by atoms with Gasteiger partial charge in [0.2, 0.25) is 11.9 Å². The molecule has 1 spiro atoms. The van der Waals surface area contributed by atoms with Crippen LogP contribution in [0.5, 0.6) is 0 Å². The minimum atomic E-state index is -0.00228. The molecule has 0 unspecified atom stereocenters. The van der Waals surface area contributed by atoms with E-state index in [4.69, 9.17) is 9.47 Å². The van der Waals surface area contributed by atoms with E-state index in [9.17, 15) is 4.79 Å². The molecule has 0 saturated carbocycles. The molecule has 2 aliphatic heterocycles.